The molecule has 0 fully saturated rings. The molecule has 4 rings (SSSR count). The summed E-state index contributed by atoms with van der Waals surface area (Å²) in [6.45, 7) is 0.809. The molecular formula is C20H19N3O2. The summed E-state index contributed by atoms with van der Waals surface area (Å²) < 4.78 is 7.20. The van der Waals surface area contributed by atoms with Gasteiger partial charge in [-0.1, -0.05) is 18.2 Å². The van der Waals surface area contributed by atoms with Crippen LogP contribution in [0.1, 0.15) is 5.56 Å². The van der Waals surface area contributed by atoms with Gasteiger partial charge in [0.25, 0.3) is 0 Å². The normalized spacial score (nSPS) is 11.1. The van der Waals surface area contributed by atoms with Crippen LogP contribution in [0.5, 0.6) is 11.5 Å². The molecule has 2 aromatic heterocycles. The molecule has 0 aliphatic carbocycles. The predicted octanol–water partition coefficient (Wildman–Crippen LogP) is 3.99. The molecular weight excluding hydrogens is 314 g/mol. The summed E-state index contributed by atoms with van der Waals surface area (Å²) in [6, 6.07) is 13.7. The van der Waals surface area contributed by atoms with Gasteiger partial charge in [0.2, 0.25) is 0 Å². The lowest BCUT2D eigenvalue weighted by Crippen LogP contribution is -2.02. The summed E-state index contributed by atoms with van der Waals surface area (Å²) in [4.78, 5) is 7.76. The van der Waals surface area contributed by atoms with Crippen LogP contribution in [0.3, 0.4) is 0 Å². The monoisotopic (exact) mass is 333 g/mol. The molecule has 0 aliphatic rings. The van der Waals surface area contributed by atoms with Gasteiger partial charge in [0.05, 0.1) is 7.11 Å². The topological polar surface area (TPSA) is 63.1 Å². The van der Waals surface area contributed by atoms with E-state index in [-0.39, 0.29) is 5.75 Å². The number of aromatic amines is 1. The van der Waals surface area contributed by atoms with Crippen molar-refractivity contribution >= 4 is 10.9 Å². The van der Waals surface area contributed by atoms with Crippen molar-refractivity contribution in [2.75, 3.05) is 7.11 Å². The Hall–Kier alpha value is -3.21. The number of methoxy groups -OCH3 is 1. The third-order valence-corrected chi connectivity index (χ3v) is 4.45. The van der Waals surface area contributed by atoms with Crippen LogP contribution in [0.25, 0.3) is 22.3 Å². The van der Waals surface area contributed by atoms with Crippen molar-refractivity contribution in [2.45, 2.75) is 13.0 Å². The molecule has 2 aromatic carbocycles. The fraction of sp³-hybridized carbons (Fsp3) is 0.150. The highest BCUT2D eigenvalue weighted by Crippen LogP contribution is 2.30. The van der Waals surface area contributed by atoms with Gasteiger partial charge in [0, 0.05) is 41.6 Å². The number of hydrogen-bond donors (Lipinski definition) is 2. The van der Waals surface area contributed by atoms with Crippen molar-refractivity contribution in [3.8, 4) is 22.9 Å². The largest absolute Gasteiger partial charge is 0.504 e. The van der Waals surface area contributed by atoms with Crippen molar-refractivity contribution in [2.24, 2.45) is 0 Å². The quantitative estimate of drug-likeness (QED) is 0.580. The lowest BCUT2D eigenvalue weighted by atomic mass is 10.1. The van der Waals surface area contributed by atoms with E-state index in [1.165, 1.54) is 18.1 Å². The maximum Gasteiger partial charge on any atom is 0.160 e. The number of fused-ring (bicyclic) bond motifs is 1. The van der Waals surface area contributed by atoms with Crippen molar-refractivity contribution in [3.05, 3.63) is 66.6 Å². The lowest BCUT2D eigenvalue weighted by Gasteiger charge is -2.09. The fourth-order valence-electron chi connectivity index (χ4n) is 3.16. The molecule has 0 saturated carbocycles. The molecule has 5 heteroatoms. The molecule has 2 heterocycles. The van der Waals surface area contributed by atoms with Gasteiger partial charge in [-0.3, -0.25) is 0 Å². The van der Waals surface area contributed by atoms with E-state index >= 15 is 0 Å². The van der Waals surface area contributed by atoms with E-state index < -0.39 is 0 Å². The highest BCUT2D eigenvalue weighted by molar-refractivity contribution is 5.83. The molecule has 126 valence electrons. The first-order chi connectivity index (χ1) is 12.3. The molecule has 5 nitrogen and oxygen atoms in total. The van der Waals surface area contributed by atoms with E-state index in [0.717, 1.165) is 29.9 Å². The number of nitrogens with zero attached hydrogens (tertiary/aromatic N) is 2. The Kier molecular flexibility index (Phi) is 3.90. The minimum atomic E-state index is 0.117. The van der Waals surface area contributed by atoms with Gasteiger partial charge in [-0.2, -0.15) is 0 Å². The molecule has 0 radical (unpaired) electrons. The fourth-order valence-corrected chi connectivity index (χ4v) is 3.16. The molecule has 0 aliphatic heterocycles. The number of nitrogens with one attached hydrogen (secondary N) is 1. The average molecular weight is 333 g/mol. The van der Waals surface area contributed by atoms with Crippen LogP contribution in [0.2, 0.25) is 0 Å². The van der Waals surface area contributed by atoms with Gasteiger partial charge in [-0.15, -0.1) is 0 Å². The zero-order valence-corrected chi connectivity index (χ0v) is 13.9. The summed E-state index contributed by atoms with van der Waals surface area (Å²) >= 11 is 0. The number of imidazole rings is 1. The third kappa shape index (κ3) is 2.85. The van der Waals surface area contributed by atoms with Crippen molar-refractivity contribution in [3.63, 3.8) is 0 Å². The number of hydrogen-bond acceptors (Lipinski definition) is 3. The lowest BCUT2D eigenvalue weighted by molar-refractivity contribution is 0.373. The van der Waals surface area contributed by atoms with Crippen molar-refractivity contribution in [1.82, 2.24) is 14.5 Å². The molecule has 4 aromatic rings. The first-order valence-corrected chi connectivity index (χ1v) is 8.20. The van der Waals surface area contributed by atoms with Crippen LogP contribution in [0, 0.1) is 0 Å². The van der Waals surface area contributed by atoms with E-state index in [4.69, 9.17) is 4.74 Å². The standard InChI is InChI=1S/C20H19N3O2/c1-25-19-7-6-14(12-18(19)24)20-21-9-11-23(20)10-8-15-13-22-17-5-3-2-4-16(15)17/h2-7,9,11-13,22,24H,8,10H2,1H3. The summed E-state index contributed by atoms with van der Waals surface area (Å²) in [6.07, 6.45) is 6.72. The molecule has 0 unspecified atom stereocenters. The first-order valence-electron chi connectivity index (χ1n) is 8.20. The van der Waals surface area contributed by atoms with Gasteiger partial charge in [0.1, 0.15) is 5.82 Å². The summed E-state index contributed by atoms with van der Waals surface area (Å²) in [5.41, 5.74) is 3.30. The summed E-state index contributed by atoms with van der Waals surface area (Å²) in [5, 5.41) is 11.3. The Bertz CT molecular complexity index is 1020. The number of aromatic nitrogens is 3. The van der Waals surface area contributed by atoms with Crippen molar-refractivity contribution < 1.29 is 9.84 Å². The minimum absolute atomic E-state index is 0.117. The van der Waals surface area contributed by atoms with Gasteiger partial charge < -0.3 is 19.4 Å². The second-order valence-electron chi connectivity index (χ2n) is 5.94. The van der Waals surface area contributed by atoms with Gasteiger partial charge >= 0.3 is 0 Å². The predicted molar refractivity (Wildman–Crippen MR) is 97.9 cm³/mol. The highest BCUT2D eigenvalue weighted by Gasteiger charge is 2.10. The number of phenols is 1. The van der Waals surface area contributed by atoms with E-state index in [0.29, 0.717) is 5.75 Å². The molecule has 25 heavy (non-hydrogen) atoms. The zero-order chi connectivity index (χ0) is 17.2. The van der Waals surface area contributed by atoms with Crippen LogP contribution in [-0.4, -0.2) is 26.8 Å². The Morgan fingerprint density at radius 1 is 1.20 bits per heavy atom. The Balaban J connectivity index is 1.59. The average Bonchev–Trinajstić information content (AvgIpc) is 3.26. The highest BCUT2D eigenvalue weighted by atomic mass is 16.5. The van der Waals surface area contributed by atoms with E-state index in [1.54, 1.807) is 18.3 Å². The Morgan fingerprint density at radius 2 is 2.08 bits per heavy atom. The number of benzene rings is 2. The number of para-hydroxylation sites is 1. The number of ether oxygens (including phenoxy) is 1. The second kappa shape index (κ2) is 6.36. The van der Waals surface area contributed by atoms with Gasteiger partial charge in [-0.05, 0) is 36.2 Å². The molecule has 0 bridgehead atoms. The number of aromatic hydroxyl groups is 1. The maximum atomic E-state index is 10.0. The van der Waals surface area contributed by atoms with Crippen molar-refractivity contribution in [1.29, 1.82) is 0 Å². The van der Waals surface area contributed by atoms with Crippen LogP contribution in [-0.2, 0) is 13.0 Å². The molecule has 0 amide bonds. The maximum absolute atomic E-state index is 10.0. The molecule has 0 saturated heterocycles. The number of phenolic OH excluding ortho intramolecular Hbond substituents is 1. The molecule has 2 N–H and O–H groups in total. The van der Waals surface area contributed by atoms with Crippen LogP contribution >= 0.6 is 0 Å². The molecule has 0 atom stereocenters. The summed E-state index contributed by atoms with van der Waals surface area (Å²) in [7, 11) is 1.54. The summed E-state index contributed by atoms with van der Waals surface area (Å²) in [5.74, 6) is 1.41. The number of rotatable bonds is 5. The Morgan fingerprint density at radius 3 is 2.92 bits per heavy atom. The van der Waals surface area contributed by atoms with Crippen LogP contribution in [0.15, 0.2) is 61.1 Å². The SMILES string of the molecule is COc1ccc(-c2nccn2CCc2c[nH]c3ccccc23)cc1O. The van der Waals surface area contributed by atoms with E-state index in [1.807, 2.05) is 18.3 Å². The number of aryl methyl sites for hydroxylation is 2. The minimum Gasteiger partial charge on any atom is -0.504 e. The molecule has 0 spiro atoms. The van der Waals surface area contributed by atoms with E-state index in [2.05, 4.69) is 38.9 Å². The Labute approximate surface area is 145 Å². The van der Waals surface area contributed by atoms with Gasteiger partial charge in [-0.25, -0.2) is 4.98 Å². The number of H-pyrrole nitrogens is 1. The first kappa shape index (κ1) is 15.3. The van der Waals surface area contributed by atoms with Crippen LogP contribution < -0.4 is 4.74 Å². The zero-order valence-electron chi connectivity index (χ0n) is 13.9. The van der Waals surface area contributed by atoms with Crippen LogP contribution in [0.4, 0.5) is 0 Å². The second-order valence-corrected chi connectivity index (χ2v) is 5.94. The van der Waals surface area contributed by atoms with Gasteiger partial charge in [0.15, 0.2) is 11.5 Å². The smallest absolute Gasteiger partial charge is 0.160 e. The van der Waals surface area contributed by atoms with E-state index in [9.17, 15) is 5.11 Å². The third-order valence-electron chi connectivity index (χ3n) is 4.45.